The predicted molar refractivity (Wildman–Crippen MR) is 76.3 cm³/mol. The van der Waals surface area contributed by atoms with Crippen LogP contribution in [0.25, 0.3) is 0 Å². The first-order valence-corrected chi connectivity index (χ1v) is 7.83. The minimum absolute atomic E-state index is 0.251. The third-order valence-corrected chi connectivity index (χ3v) is 4.84. The number of hydrogen-bond donors (Lipinski definition) is 0. The first-order valence-electron chi connectivity index (χ1n) is 6.43. The molecule has 1 amide bonds. The van der Waals surface area contributed by atoms with Crippen LogP contribution in [0.5, 0.6) is 0 Å². The van der Waals surface area contributed by atoms with Gasteiger partial charge in [0.2, 0.25) is 5.91 Å². The summed E-state index contributed by atoms with van der Waals surface area (Å²) in [5.41, 5.74) is 0. The van der Waals surface area contributed by atoms with Crippen molar-refractivity contribution in [2.45, 2.75) is 38.6 Å². The van der Waals surface area contributed by atoms with Crippen molar-refractivity contribution >= 4 is 34.2 Å². The van der Waals surface area contributed by atoms with Gasteiger partial charge in [-0.05, 0) is 32.6 Å². The van der Waals surface area contributed by atoms with Crippen LogP contribution >= 0.6 is 24.0 Å². The van der Waals surface area contributed by atoms with Crippen molar-refractivity contribution in [2.24, 2.45) is 0 Å². The van der Waals surface area contributed by atoms with E-state index in [0.29, 0.717) is 11.8 Å². The van der Waals surface area contributed by atoms with E-state index in [4.69, 9.17) is 12.2 Å². The number of thiocarbonyl (C=S) groups is 1. The van der Waals surface area contributed by atoms with Crippen LogP contribution in [-0.4, -0.2) is 51.5 Å². The van der Waals surface area contributed by atoms with Crippen LogP contribution in [-0.2, 0) is 4.79 Å². The summed E-state index contributed by atoms with van der Waals surface area (Å²) < 4.78 is 0.905. The van der Waals surface area contributed by atoms with Crippen molar-refractivity contribution in [3.05, 3.63) is 0 Å². The summed E-state index contributed by atoms with van der Waals surface area (Å²) in [6, 6.07) is 0.522. The number of hydrogen-bond acceptors (Lipinski definition) is 3. The van der Waals surface area contributed by atoms with Gasteiger partial charge in [-0.1, -0.05) is 24.0 Å². The summed E-state index contributed by atoms with van der Waals surface area (Å²) in [7, 11) is 0. The number of likely N-dealkylation sites (tertiary alicyclic amines) is 1. The van der Waals surface area contributed by atoms with Gasteiger partial charge in [-0.3, -0.25) is 4.79 Å². The number of carbonyl (C=O) groups excluding carboxylic acids is 1. The molecule has 0 unspecified atom stereocenters. The van der Waals surface area contributed by atoms with Gasteiger partial charge in [0.05, 0.1) is 5.75 Å². The zero-order chi connectivity index (χ0) is 12.3. The SMILES string of the molecule is CCN(C(=O)CSC(=S)N1CCCC1)C1CC1. The van der Waals surface area contributed by atoms with Crippen LogP contribution < -0.4 is 0 Å². The molecule has 1 saturated carbocycles. The van der Waals surface area contributed by atoms with Gasteiger partial charge in [-0.25, -0.2) is 0 Å². The number of rotatable bonds is 4. The van der Waals surface area contributed by atoms with Gasteiger partial charge in [-0.2, -0.15) is 0 Å². The smallest absolute Gasteiger partial charge is 0.233 e. The van der Waals surface area contributed by atoms with E-state index in [0.717, 1.165) is 24.0 Å². The minimum atomic E-state index is 0.251. The fourth-order valence-corrected chi connectivity index (χ4v) is 3.36. The predicted octanol–water partition coefficient (Wildman–Crippen LogP) is 2.11. The topological polar surface area (TPSA) is 23.6 Å². The van der Waals surface area contributed by atoms with E-state index in [-0.39, 0.29) is 5.91 Å². The molecule has 0 radical (unpaired) electrons. The maximum absolute atomic E-state index is 12.0. The molecule has 0 aromatic heterocycles. The molecule has 2 fully saturated rings. The second kappa shape index (κ2) is 6.05. The molecule has 0 spiro atoms. The lowest BCUT2D eigenvalue weighted by atomic mass is 10.4. The molecule has 0 aromatic rings. The van der Waals surface area contributed by atoms with Crippen molar-refractivity contribution in [1.82, 2.24) is 9.80 Å². The Kier molecular flexibility index (Phi) is 4.68. The van der Waals surface area contributed by atoms with Crippen LogP contribution in [0, 0.1) is 0 Å². The van der Waals surface area contributed by atoms with Gasteiger partial charge in [-0.15, -0.1) is 0 Å². The van der Waals surface area contributed by atoms with E-state index in [1.165, 1.54) is 37.4 Å². The zero-order valence-corrected chi connectivity index (χ0v) is 12.0. The number of amides is 1. The lowest BCUT2D eigenvalue weighted by Crippen LogP contribution is -2.35. The van der Waals surface area contributed by atoms with Gasteiger partial charge >= 0.3 is 0 Å². The summed E-state index contributed by atoms with van der Waals surface area (Å²) in [4.78, 5) is 16.2. The molecule has 2 aliphatic rings. The molecular formula is C12H20N2OS2. The van der Waals surface area contributed by atoms with Gasteiger partial charge in [0.1, 0.15) is 4.32 Å². The van der Waals surface area contributed by atoms with Crippen molar-refractivity contribution in [3.8, 4) is 0 Å². The lowest BCUT2D eigenvalue weighted by Gasteiger charge is -2.22. The molecule has 1 aliphatic carbocycles. The van der Waals surface area contributed by atoms with Crippen LogP contribution in [0.3, 0.4) is 0 Å². The summed E-state index contributed by atoms with van der Waals surface area (Å²) in [6.45, 7) is 5.03. The molecule has 5 heteroatoms. The van der Waals surface area contributed by atoms with Gasteiger partial charge in [0, 0.05) is 25.7 Å². The first-order chi connectivity index (χ1) is 8.22. The molecule has 0 N–H and O–H groups in total. The van der Waals surface area contributed by atoms with E-state index in [2.05, 4.69) is 11.8 Å². The second-order valence-corrected chi connectivity index (χ2v) is 6.27. The molecule has 0 atom stereocenters. The molecule has 0 bridgehead atoms. The quantitative estimate of drug-likeness (QED) is 0.731. The Bertz CT molecular complexity index is 299. The average molecular weight is 272 g/mol. The monoisotopic (exact) mass is 272 g/mol. The highest BCUT2D eigenvalue weighted by Crippen LogP contribution is 2.27. The van der Waals surface area contributed by atoms with Crippen LogP contribution in [0.1, 0.15) is 32.6 Å². The lowest BCUT2D eigenvalue weighted by molar-refractivity contribution is -0.128. The highest BCUT2D eigenvalue weighted by molar-refractivity contribution is 8.23. The van der Waals surface area contributed by atoms with E-state index in [1.54, 1.807) is 0 Å². The molecule has 0 aromatic carbocycles. The fraction of sp³-hybridized carbons (Fsp3) is 0.833. The minimum Gasteiger partial charge on any atom is -0.358 e. The van der Waals surface area contributed by atoms with Crippen LogP contribution in [0.4, 0.5) is 0 Å². The summed E-state index contributed by atoms with van der Waals surface area (Å²) >= 11 is 6.89. The third-order valence-electron chi connectivity index (χ3n) is 3.33. The van der Waals surface area contributed by atoms with Crippen molar-refractivity contribution in [1.29, 1.82) is 0 Å². The Hall–Kier alpha value is -0.290. The Labute approximate surface area is 113 Å². The first kappa shape index (κ1) is 13.1. The molecule has 1 heterocycles. The van der Waals surface area contributed by atoms with E-state index in [9.17, 15) is 4.79 Å². The van der Waals surface area contributed by atoms with Crippen molar-refractivity contribution in [3.63, 3.8) is 0 Å². The Morgan fingerprint density at radius 2 is 2.06 bits per heavy atom. The summed E-state index contributed by atoms with van der Waals surface area (Å²) in [5, 5.41) is 0. The largest absolute Gasteiger partial charge is 0.358 e. The van der Waals surface area contributed by atoms with Gasteiger partial charge in [0.25, 0.3) is 0 Å². The van der Waals surface area contributed by atoms with Crippen LogP contribution in [0.2, 0.25) is 0 Å². The maximum Gasteiger partial charge on any atom is 0.233 e. The molecule has 1 aliphatic heterocycles. The van der Waals surface area contributed by atoms with E-state index >= 15 is 0 Å². The van der Waals surface area contributed by atoms with Crippen molar-refractivity contribution in [2.75, 3.05) is 25.4 Å². The highest BCUT2D eigenvalue weighted by atomic mass is 32.2. The Balaban J connectivity index is 1.72. The molecular weight excluding hydrogens is 252 g/mol. The Morgan fingerprint density at radius 3 is 2.59 bits per heavy atom. The van der Waals surface area contributed by atoms with Gasteiger partial charge < -0.3 is 9.80 Å². The Morgan fingerprint density at radius 1 is 1.41 bits per heavy atom. The fourth-order valence-electron chi connectivity index (χ4n) is 2.22. The highest BCUT2D eigenvalue weighted by Gasteiger charge is 2.31. The number of nitrogens with zero attached hydrogens (tertiary/aromatic N) is 2. The number of thioether (sulfide) groups is 1. The zero-order valence-electron chi connectivity index (χ0n) is 10.4. The normalized spacial score (nSPS) is 19.5. The molecule has 17 heavy (non-hydrogen) atoms. The molecule has 96 valence electrons. The second-order valence-electron chi connectivity index (χ2n) is 4.66. The summed E-state index contributed by atoms with van der Waals surface area (Å²) in [6.07, 6.45) is 4.83. The molecule has 3 nitrogen and oxygen atoms in total. The average Bonchev–Trinajstić information content (AvgIpc) is 3.00. The third kappa shape index (κ3) is 3.58. The van der Waals surface area contributed by atoms with Crippen LogP contribution in [0.15, 0.2) is 0 Å². The van der Waals surface area contributed by atoms with Gasteiger partial charge in [0.15, 0.2) is 0 Å². The van der Waals surface area contributed by atoms with E-state index in [1.807, 2.05) is 4.90 Å². The van der Waals surface area contributed by atoms with Crippen molar-refractivity contribution < 1.29 is 4.79 Å². The standard InChI is InChI=1S/C12H20N2OS2/c1-2-14(10-5-6-10)11(15)9-17-12(16)13-7-3-4-8-13/h10H,2-9H2,1H3. The molecule has 1 saturated heterocycles. The number of carbonyl (C=O) groups is 1. The maximum atomic E-state index is 12.0. The molecule has 2 rings (SSSR count). The summed E-state index contributed by atoms with van der Waals surface area (Å²) in [5.74, 6) is 0.765. The van der Waals surface area contributed by atoms with E-state index < -0.39 is 0 Å².